The van der Waals surface area contributed by atoms with E-state index in [9.17, 15) is 0 Å². The molecule has 8 heteroatoms. The van der Waals surface area contributed by atoms with Crippen LogP contribution in [0.5, 0.6) is 5.75 Å². The fourth-order valence-corrected chi connectivity index (χ4v) is 3.17. The molecular formula is C25H32FeO7. The summed E-state index contributed by atoms with van der Waals surface area (Å²) in [6.45, 7) is 22.8. The van der Waals surface area contributed by atoms with E-state index >= 15 is 0 Å². The molecular weight excluding hydrogens is 468 g/mol. The molecule has 0 spiro atoms. The predicted octanol–water partition coefficient (Wildman–Crippen LogP) is 4.78. The first-order valence-corrected chi connectivity index (χ1v) is 9.93. The van der Waals surface area contributed by atoms with E-state index in [2.05, 4.69) is 33.0 Å². The number of rotatable bonds is 8. The standard InChI is InChI=1S/C22H32O4.3CO.Fe/c1-6-7-8-12-19-17(2)20(26-22(3,4)25-19)14-15-24-16-18-11-9-10-13-21(18)23-5;3*1-2;/h6-13,17,19-20H,14-16H2,1-5H3;;;;/b7-6+,12-8+;;;;/t17-,19+,20-;;;;/m1..../s1. The van der Waals surface area contributed by atoms with Crippen molar-refractivity contribution < 1.29 is 50.0 Å². The van der Waals surface area contributed by atoms with Gasteiger partial charge in [0.05, 0.1) is 25.9 Å². The SMILES string of the molecule is C/C=C/C=C/[C@@H]1OC(C)(C)O[C@H](CCOCc2ccccc2OC)[C@@H]1C.[C-]#[O+].[C-]#[O+].[C-]#[O+].[Fe]. The largest absolute Gasteiger partial charge is 0 e. The Balaban J connectivity index is -0.00000119. The van der Waals surface area contributed by atoms with E-state index in [0.717, 1.165) is 17.7 Å². The smallest absolute Gasteiger partial charge is 0 e. The molecule has 0 radical (unpaired) electrons. The van der Waals surface area contributed by atoms with Gasteiger partial charge in [-0.15, -0.1) is 0 Å². The quantitative estimate of drug-likeness (QED) is 0.169. The summed E-state index contributed by atoms with van der Waals surface area (Å²) in [5, 5.41) is 0. The van der Waals surface area contributed by atoms with E-state index < -0.39 is 5.79 Å². The maximum atomic E-state index is 7.50. The van der Waals surface area contributed by atoms with Gasteiger partial charge < -0.3 is 18.9 Å². The van der Waals surface area contributed by atoms with Crippen LogP contribution in [-0.4, -0.2) is 31.7 Å². The molecule has 1 aromatic rings. The molecule has 1 saturated heterocycles. The van der Waals surface area contributed by atoms with E-state index in [-0.39, 0.29) is 35.2 Å². The van der Waals surface area contributed by atoms with Gasteiger partial charge in [0.2, 0.25) is 0 Å². The number of benzene rings is 1. The summed E-state index contributed by atoms with van der Waals surface area (Å²) in [7, 11) is 1.68. The molecule has 0 N–H and O–H groups in total. The van der Waals surface area contributed by atoms with Crippen molar-refractivity contribution in [3.63, 3.8) is 0 Å². The molecule has 0 saturated carbocycles. The third-order valence-electron chi connectivity index (χ3n) is 4.56. The van der Waals surface area contributed by atoms with Crippen LogP contribution in [0.3, 0.4) is 0 Å². The van der Waals surface area contributed by atoms with Crippen molar-refractivity contribution in [3.05, 3.63) is 74.1 Å². The van der Waals surface area contributed by atoms with Gasteiger partial charge in [-0.05, 0) is 33.3 Å². The second kappa shape index (κ2) is 21.9. The first-order chi connectivity index (χ1) is 15.5. The van der Waals surface area contributed by atoms with Crippen LogP contribution >= 0.6 is 0 Å². The molecule has 33 heavy (non-hydrogen) atoms. The van der Waals surface area contributed by atoms with Crippen LogP contribution in [0.2, 0.25) is 0 Å². The van der Waals surface area contributed by atoms with Crippen molar-refractivity contribution in [1.29, 1.82) is 0 Å². The van der Waals surface area contributed by atoms with Crippen molar-refractivity contribution in [2.24, 2.45) is 5.92 Å². The minimum absolute atomic E-state index is 0. The first kappa shape index (κ1) is 35.7. The Bertz CT molecular complexity index is 723. The van der Waals surface area contributed by atoms with Gasteiger partial charge in [0.15, 0.2) is 5.79 Å². The zero-order valence-corrected chi connectivity index (χ0v) is 20.8. The zero-order valence-electron chi connectivity index (χ0n) is 19.7. The summed E-state index contributed by atoms with van der Waals surface area (Å²) in [5.41, 5.74) is 1.06. The fraction of sp³-hybridized carbons (Fsp3) is 0.480. The number of methoxy groups -OCH3 is 1. The average molecular weight is 500 g/mol. The maximum absolute atomic E-state index is 7.50. The molecule has 1 fully saturated rings. The molecule has 2 rings (SSSR count). The van der Waals surface area contributed by atoms with Gasteiger partial charge in [-0.1, -0.05) is 49.4 Å². The van der Waals surface area contributed by atoms with Crippen LogP contribution in [0.4, 0.5) is 0 Å². The molecule has 3 atom stereocenters. The van der Waals surface area contributed by atoms with E-state index in [4.69, 9.17) is 32.9 Å². The van der Waals surface area contributed by atoms with Crippen molar-refractivity contribution >= 4 is 0 Å². The summed E-state index contributed by atoms with van der Waals surface area (Å²) in [6, 6.07) is 7.93. The minimum atomic E-state index is -0.592. The van der Waals surface area contributed by atoms with E-state index in [1.165, 1.54) is 0 Å². The molecule has 0 aliphatic carbocycles. The van der Waals surface area contributed by atoms with Crippen molar-refractivity contribution in [1.82, 2.24) is 0 Å². The Morgan fingerprint density at radius 3 is 2.21 bits per heavy atom. The Morgan fingerprint density at radius 2 is 1.64 bits per heavy atom. The number of para-hydroxylation sites is 1. The molecule has 1 aliphatic heterocycles. The van der Waals surface area contributed by atoms with Crippen molar-refractivity contribution in [2.75, 3.05) is 13.7 Å². The molecule has 0 bridgehead atoms. The van der Waals surface area contributed by atoms with Gasteiger partial charge in [0, 0.05) is 35.2 Å². The normalized spacial score (nSPS) is 20.5. The van der Waals surface area contributed by atoms with Crippen molar-refractivity contribution in [3.8, 4) is 5.75 Å². The van der Waals surface area contributed by atoms with E-state index in [1.54, 1.807) is 7.11 Å². The Kier molecular flexibility index (Phi) is 23.7. The molecule has 1 heterocycles. The van der Waals surface area contributed by atoms with Crippen LogP contribution in [0.25, 0.3) is 0 Å². The molecule has 7 nitrogen and oxygen atoms in total. The van der Waals surface area contributed by atoms with Gasteiger partial charge in [0.1, 0.15) is 5.75 Å². The summed E-state index contributed by atoms with van der Waals surface area (Å²) in [4.78, 5) is 0. The second-order valence-corrected chi connectivity index (χ2v) is 7.06. The Hall–Kier alpha value is -1.88. The minimum Gasteiger partial charge on any atom is 0 e. The van der Waals surface area contributed by atoms with Gasteiger partial charge >= 0.3 is 33.9 Å². The molecule has 1 aromatic carbocycles. The predicted molar refractivity (Wildman–Crippen MR) is 116 cm³/mol. The Morgan fingerprint density at radius 1 is 1.03 bits per heavy atom. The van der Waals surface area contributed by atoms with Gasteiger partial charge in [-0.3, -0.25) is 0 Å². The Labute approximate surface area is 208 Å². The average Bonchev–Trinajstić information content (AvgIpc) is 2.83. The van der Waals surface area contributed by atoms with Crippen molar-refractivity contribution in [2.45, 2.75) is 58.7 Å². The molecule has 182 valence electrons. The summed E-state index contributed by atoms with van der Waals surface area (Å²) in [6.07, 6.45) is 9.14. The summed E-state index contributed by atoms with van der Waals surface area (Å²) >= 11 is 0. The molecule has 1 aliphatic rings. The summed E-state index contributed by atoms with van der Waals surface area (Å²) in [5.74, 6) is 0.531. The van der Waals surface area contributed by atoms with Crippen LogP contribution < -0.4 is 4.74 Å². The number of hydrogen-bond donors (Lipinski definition) is 0. The third-order valence-corrected chi connectivity index (χ3v) is 4.56. The van der Waals surface area contributed by atoms with Gasteiger partial charge in [-0.2, -0.15) is 0 Å². The third kappa shape index (κ3) is 14.1. The first-order valence-electron chi connectivity index (χ1n) is 9.93. The van der Waals surface area contributed by atoms with Gasteiger partial charge in [0.25, 0.3) is 0 Å². The van der Waals surface area contributed by atoms with E-state index in [1.807, 2.05) is 63.3 Å². The monoisotopic (exact) mass is 500 g/mol. The second-order valence-electron chi connectivity index (χ2n) is 7.06. The van der Waals surface area contributed by atoms with Gasteiger partial charge in [-0.25, -0.2) is 0 Å². The van der Waals surface area contributed by atoms with E-state index in [0.29, 0.717) is 13.2 Å². The van der Waals surface area contributed by atoms with Crippen LogP contribution in [0.1, 0.15) is 39.7 Å². The molecule has 0 aromatic heterocycles. The van der Waals surface area contributed by atoms with Crippen LogP contribution in [0.15, 0.2) is 48.6 Å². The maximum Gasteiger partial charge on any atom is 0 e. The van der Waals surface area contributed by atoms with Crippen LogP contribution in [-0.2, 0) is 51.8 Å². The number of ether oxygens (including phenoxy) is 4. The molecule has 0 amide bonds. The number of hydrogen-bond acceptors (Lipinski definition) is 4. The summed E-state index contributed by atoms with van der Waals surface area (Å²) < 4.78 is 46.0. The topological polar surface area (TPSA) is 96.6 Å². The fourth-order valence-electron chi connectivity index (χ4n) is 3.17. The zero-order chi connectivity index (χ0) is 25.0. The van der Waals surface area contributed by atoms with Crippen LogP contribution in [0, 0.1) is 25.9 Å². The molecule has 0 unspecified atom stereocenters. The number of allylic oxidation sites excluding steroid dienone is 3.